The zero-order valence-corrected chi connectivity index (χ0v) is 13.4. The van der Waals surface area contributed by atoms with Gasteiger partial charge in [-0.1, -0.05) is 65.5 Å². The minimum Gasteiger partial charge on any atom is -0.0850 e. The third-order valence-corrected chi connectivity index (χ3v) is 4.88. The van der Waals surface area contributed by atoms with Crippen molar-refractivity contribution in [1.29, 1.82) is 0 Å². The highest BCUT2D eigenvalue weighted by atomic mass is 14.3. The average molecular weight is 250 g/mol. The van der Waals surface area contributed by atoms with Gasteiger partial charge in [-0.2, -0.15) is 0 Å². The van der Waals surface area contributed by atoms with E-state index in [9.17, 15) is 0 Å². The molecule has 0 nitrogen and oxygen atoms in total. The van der Waals surface area contributed by atoms with E-state index in [1.807, 2.05) is 0 Å². The second-order valence-corrected chi connectivity index (χ2v) is 7.20. The lowest BCUT2D eigenvalue weighted by Gasteiger charge is -2.33. The Balaban J connectivity index is 2.75. The lowest BCUT2D eigenvalue weighted by Crippen LogP contribution is -2.22. The Morgan fingerprint density at radius 1 is 1.17 bits per heavy atom. The van der Waals surface area contributed by atoms with E-state index in [1.54, 1.807) is 5.57 Å². The van der Waals surface area contributed by atoms with Crippen molar-refractivity contribution in [3.8, 4) is 0 Å². The van der Waals surface area contributed by atoms with Crippen LogP contribution in [0.25, 0.3) is 0 Å². The van der Waals surface area contributed by atoms with Crippen molar-refractivity contribution in [3.63, 3.8) is 0 Å². The van der Waals surface area contributed by atoms with Gasteiger partial charge >= 0.3 is 0 Å². The van der Waals surface area contributed by atoms with Crippen LogP contribution in [0, 0.1) is 17.3 Å². The van der Waals surface area contributed by atoms with Crippen LogP contribution in [0.1, 0.15) is 86.0 Å². The van der Waals surface area contributed by atoms with Crippen LogP contribution in [-0.2, 0) is 0 Å². The minimum atomic E-state index is 0.455. The minimum absolute atomic E-state index is 0.455. The first-order valence-corrected chi connectivity index (χ1v) is 8.18. The smallest absolute Gasteiger partial charge is 0.0206 e. The maximum atomic E-state index is 2.60. The van der Waals surface area contributed by atoms with Gasteiger partial charge in [-0.05, 0) is 49.4 Å². The van der Waals surface area contributed by atoms with E-state index in [2.05, 4.69) is 40.7 Å². The molecular weight excluding hydrogens is 216 g/mol. The molecule has 0 bridgehead atoms. The fraction of sp³-hybridized carbons (Fsp3) is 0.889. The van der Waals surface area contributed by atoms with Crippen molar-refractivity contribution >= 4 is 0 Å². The lowest BCUT2D eigenvalue weighted by molar-refractivity contribution is 0.224. The van der Waals surface area contributed by atoms with Crippen molar-refractivity contribution in [2.75, 3.05) is 0 Å². The fourth-order valence-electron chi connectivity index (χ4n) is 3.42. The molecule has 0 radical (unpaired) electrons. The van der Waals surface area contributed by atoms with Gasteiger partial charge in [0.15, 0.2) is 0 Å². The summed E-state index contributed by atoms with van der Waals surface area (Å²) in [6, 6.07) is 0. The molecule has 2 unspecified atom stereocenters. The fourth-order valence-corrected chi connectivity index (χ4v) is 3.42. The summed E-state index contributed by atoms with van der Waals surface area (Å²) in [4.78, 5) is 0. The molecule has 0 aromatic rings. The molecule has 0 aliphatic heterocycles. The molecule has 0 heteroatoms. The van der Waals surface area contributed by atoms with Crippen molar-refractivity contribution in [3.05, 3.63) is 11.6 Å². The third-order valence-electron chi connectivity index (χ3n) is 4.88. The predicted molar refractivity (Wildman–Crippen MR) is 82.8 cm³/mol. The molecule has 0 amide bonds. The molecule has 0 spiro atoms. The first kappa shape index (κ1) is 15.8. The van der Waals surface area contributed by atoms with Crippen LogP contribution in [0.4, 0.5) is 0 Å². The maximum absolute atomic E-state index is 2.60. The summed E-state index contributed by atoms with van der Waals surface area (Å²) in [5.74, 6) is 1.72. The molecule has 106 valence electrons. The lowest BCUT2D eigenvalue weighted by atomic mass is 9.72. The van der Waals surface area contributed by atoms with Gasteiger partial charge in [0.1, 0.15) is 0 Å². The van der Waals surface area contributed by atoms with Gasteiger partial charge in [0.25, 0.3) is 0 Å². The summed E-state index contributed by atoms with van der Waals surface area (Å²) in [6.07, 6.45) is 13.7. The first-order chi connectivity index (χ1) is 8.49. The molecule has 0 heterocycles. The quantitative estimate of drug-likeness (QED) is 0.509. The molecular formula is C18H34. The Morgan fingerprint density at radius 2 is 1.89 bits per heavy atom. The Hall–Kier alpha value is -0.260. The number of hydrogen-bond acceptors (Lipinski definition) is 0. The van der Waals surface area contributed by atoms with E-state index >= 15 is 0 Å². The largest absolute Gasteiger partial charge is 0.0850 e. The van der Waals surface area contributed by atoms with E-state index in [0.29, 0.717) is 5.41 Å². The van der Waals surface area contributed by atoms with Crippen LogP contribution in [0.5, 0.6) is 0 Å². The average Bonchev–Trinajstić information content (AvgIpc) is 2.26. The van der Waals surface area contributed by atoms with Crippen LogP contribution >= 0.6 is 0 Å². The summed E-state index contributed by atoms with van der Waals surface area (Å²) in [6.45, 7) is 12.0. The number of allylic oxidation sites excluding steroid dienone is 2. The van der Waals surface area contributed by atoms with Crippen molar-refractivity contribution in [1.82, 2.24) is 0 Å². The SMILES string of the molecule is CCC1CCCCCC=C1CC(CC)C(C)(C)C. The van der Waals surface area contributed by atoms with E-state index in [1.165, 1.54) is 51.4 Å². The Labute approximate surface area is 115 Å². The van der Waals surface area contributed by atoms with Crippen molar-refractivity contribution in [2.45, 2.75) is 86.0 Å². The van der Waals surface area contributed by atoms with E-state index in [4.69, 9.17) is 0 Å². The van der Waals surface area contributed by atoms with Gasteiger partial charge in [0.2, 0.25) is 0 Å². The van der Waals surface area contributed by atoms with Gasteiger partial charge in [-0.15, -0.1) is 0 Å². The van der Waals surface area contributed by atoms with Crippen LogP contribution in [0.15, 0.2) is 11.6 Å². The van der Waals surface area contributed by atoms with E-state index in [0.717, 1.165) is 11.8 Å². The Kier molecular flexibility index (Phi) is 6.46. The number of hydrogen-bond donors (Lipinski definition) is 0. The van der Waals surface area contributed by atoms with Gasteiger partial charge in [0.05, 0.1) is 0 Å². The molecule has 18 heavy (non-hydrogen) atoms. The van der Waals surface area contributed by atoms with Gasteiger partial charge in [0, 0.05) is 0 Å². The zero-order valence-electron chi connectivity index (χ0n) is 13.4. The summed E-state index contributed by atoms with van der Waals surface area (Å²) in [5.41, 5.74) is 2.25. The Bertz CT molecular complexity index is 254. The van der Waals surface area contributed by atoms with Crippen LogP contribution in [0.2, 0.25) is 0 Å². The predicted octanol–water partition coefficient (Wildman–Crippen LogP) is 6.37. The molecule has 1 aliphatic rings. The highest BCUT2D eigenvalue weighted by Crippen LogP contribution is 2.38. The summed E-state index contributed by atoms with van der Waals surface area (Å²) in [5, 5.41) is 0. The molecule has 2 atom stereocenters. The molecule has 1 rings (SSSR count). The molecule has 1 aliphatic carbocycles. The summed E-state index contributed by atoms with van der Waals surface area (Å²) < 4.78 is 0. The molecule has 0 saturated carbocycles. The van der Waals surface area contributed by atoms with E-state index < -0.39 is 0 Å². The topological polar surface area (TPSA) is 0 Å². The van der Waals surface area contributed by atoms with Gasteiger partial charge < -0.3 is 0 Å². The summed E-state index contributed by atoms with van der Waals surface area (Å²) >= 11 is 0. The molecule has 0 aromatic heterocycles. The second-order valence-electron chi connectivity index (χ2n) is 7.20. The normalized spacial score (nSPS) is 24.1. The van der Waals surface area contributed by atoms with Gasteiger partial charge in [-0.25, -0.2) is 0 Å². The van der Waals surface area contributed by atoms with Crippen LogP contribution < -0.4 is 0 Å². The standard InChI is InChI=1S/C18H34/c1-6-15-12-10-8-9-11-13-16(15)14-17(7-2)18(3,4)5/h13,15,17H,6-12,14H2,1-5H3. The highest BCUT2D eigenvalue weighted by molar-refractivity contribution is 5.09. The zero-order chi connectivity index (χ0) is 13.6. The first-order valence-electron chi connectivity index (χ1n) is 8.18. The third kappa shape index (κ3) is 4.78. The molecule has 0 N–H and O–H groups in total. The van der Waals surface area contributed by atoms with Crippen molar-refractivity contribution in [2.24, 2.45) is 17.3 Å². The summed E-state index contributed by atoms with van der Waals surface area (Å²) in [7, 11) is 0. The Morgan fingerprint density at radius 3 is 2.44 bits per heavy atom. The van der Waals surface area contributed by atoms with Gasteiger partial charge in [-0.3, -0.25) is 0 Å². The maximum Gasteiger partial charge on any atom is -0.0206 e. The van der Waals surface area contributed by atoms with Crippen LogP contribution in [-0.4, -0.2) is 0 Å². The second kappa shape index (κ2) is 7.36. The monoisotopic (exact) mass is 250 g/mol. The molecule has 0 fully saturated rings. The van der Waals surface area contributed by atoms with Crippen molar-refractivity contribution < 1.29 is 0 Å². The van der Waals surface area contributed by atoms with Crippen LogP contribution in [0.3, 0.4) is 0 Å². The number of rotatable bonds is 4. The highest BCUT2D eigenvalue weighted by Gasteiger charge is 2.26. The van der Waals surface area contributed by atoms with E-state index in [-0.39, 0.29) is 0 Å². The molecule has 0 saturated heterocycles. The molecule has 0 aromatic carbocycles.